The van der Waals surface area contributed by atoms with E-state index in [1.54, 1.807) is 41.3 Å². The van der Waals surface area contributed by atoms with Crippen LogP contribution in [-0.4, -0.2) is 50.1 Å². The smallest absolute Gasteiger partial charge is 0.272 e. The third-order valence-corrected chi connectivity index (χ3v) is 4.72. The molecule has 4 rings (SSSR count). The van der Waals surface area contributed by atoms with Crippen molar-refractivity contribution >= 4 is 17.5 Å². The van der Waals surface area contributed by atoms with Gasteiger partial charge >= 0.3 is 0 Å². The van der Waals surface area contributed by atoms with E-state index in [1.807, 2.05) is 17.0 Å². The zero-order valence-corrected chi connectivity index (χ0v) is 12.8. The standard InChI is InChI=1S/C16H17N5O2/c1-19-13(4-7-18-19)16(23)20-8-5-12-14(20)9-15(22)21(12)11-3-2-6-17-10-11/h2-4,6-7,10,12,14H,5,8-9H2,1H3/t12-,14+/m1/s1. The molecule has 2 atom stereocenters. The average Bonchev–Trinajstić information content (AvgIpc) is 3.22. The first-order valence-corrected chi connectivity index (χ1v) is 7.68. The van der Waals surface area contributed by atoms with Crippen LogP contribution in [0.5, 0.6) is 0 Å². The molecule has 23 heavy (non-hydrogen) atoms. The van der Waals surface area contributed by atoms with Crippen LogP contribution in [-0.2, 0) is 11.8 Å². The molecule has 7 heteroatoms. The highest BCUT2D eigenvalue weighted by molar-refractivity contribution is 5.99. The maximum Gasteiger partial charge on any atom is 0.272 e. The molecular weight excluding hydrogens is 294 g/mol. The van der Waals surface area contributed by atoms with E-state index in [9.17, 15) is 9.59 Å². The normalized spacial score (nSPS) is 23.4. The van der Waals surface area contributed by atoms with Crippen LogP contribution in [0.15, 0.2) is 36.8 Å². The van der Waals surface area contributed by atoms with Crippen LogP contribution < -0.4 is 4.90 Å². The summed E-state index contributed by atoms with van der Waals surface area (Å²) in [6.07, 6.45) is 6.15. The van der Waals surface area contributed by atoms with Gasteiger partial charge in [-0.3, -0.25) is 19.3 Å². The lowest BCUT2D eigenvalue weighted by molar-refractivity contribution is -0.117. The van der Waals surface area contributed by atoms with Gasteiger partial charge in [0.1, 0.15) is 5.69 Å². The maximum atomic E-state index is 12.7. The predicted molar refractivity (Wildman–Crippen MR) is 82.8 cm³/mol. The number of anilines is 1. The zero-order valence-electron chi connectivity index (χ0n) is 12.8. The van der Waals surface area contributed by atoms with Crippen LogP contribution in [0, 0.1) is 0 Å². The number of carbonyl (C=O) groups is 2. The van der Waals surface area contributed by atoms with Crippen molar-refractivity contribution in [3.05, 3.63) is 42.5 Å². The summed E-state index contributed by atoms with van der Waals surface area (Å²) >= 11 is 0. The number of pyridine rings is 1. The van der Waals surface area contributed by atoms with Crippen molar-refractivity contribution in [3.8, 4) is 0 Å². The molecule has 0 radical (unpaired) electrons. The maximum absolute atomic E-state index is 12.7. The first kappa shape index (κ1) is 13.9. The topological polar surface area (TPSA) is 71.3 Å². The summed E-state index contributed by atoms with van der Waals surface area (Å²) in [5.41, 5.74) is 1.36. The second kappa shape index (κ2) is 5.19. The number of carbonyl (C=O) groups excluding carboxylic acids is 2. The Morgan fingerprint density at radius 2 is 2.13 bits per heavy atom. The van der Waals surface area contributed by atoms with E-state index in [-0.39, 0.29) is 23.9 Å². The van der Waals surface area contributed by atoms with Gasteiger partial charge < -0.3 is 9.80 Å². The van der Waals surface area contributed by atoms with Crippen molar-refractivity contribution < 1.29 is 9.59 Å². The molecule has 0 aliphatic carbocycles. The van der Waals surface area contributed by atoms with Crippen LogP contribution in [0.3, 0.4) is 0 Å². The van der Waals surface area contributed by atoms with E-state index < -0.39 is 0 Å². The van der Waals surface area contributed by atoms with Crippen LogP contribution in [0.1, 0.15) is 23.3 Å². The fourth-order valence-corrected chi connectivity index (χ4v) is 3.66. The van der Waals surface area contributed by atoms with E-state index in [0.717, 1.165) is 12.1 Å². The minimum atomic E-state index is -0.0786. The van der Waals surface area contributed by atoms with Gasteiger partial charge in [0.25, 0.3) is 5.91 Å². The summed E-state index contributed by atoms with van der Waals surface area (Å²) in [6, 6.07) is 5.38. The van der Waals surface area contributed by atoms with Gasteiger partial charge in [-0.2, -0.15) is 5.10 Å². The summed E-state index contributed by atoms with van der Waals surface area (Å²) in [4.78, 5) is 32.9. The highest BCUT2D eigenvalue weighted by Crippen LogP contribution is 2.36. The molecule has 0 N–H and O–H groups in total. The molecule has 2 saturated heterocycles. The third-order valence-electron chi connectivity index (χ3n) is 4.72. The highest BCUT2D eigenvalue weighted by atomic mass is 16.2. The molecule has 118 valence electrons. The zero-order chi connectivity index (χ0) is 16.0. The van der Waals surface area contributed by atoms with E-state index in [1.165, 1.54) is 0 Å². The Morgan fingerprint density at radius 1 is 1.26 bits per heavy atom. The Bertz CT molecular complexity index is 757. The molecule has 0 saturated carbocycles. The number of nitrogens with zero attached hydrogens (tertiary/aromatic N) is 5. The van der Waals surface area contributed by atoms with Gasteiger partial charge in [-0.25, -0.2) is 0 Å². The van der Waals surface area contributed by atoms with Gasteiger partial charge in [0.05, 0.1) is 24.0 Å². The van der Waals surface area contributed by atoms with Crippen LogP contribution in [0.4, 0.5) is 5.69 Å². The summed E-state index contributed by atoms with van der Waals surface area (Å²) < 4.78 is 1.57. The van der Waals surface area contributed by atoms with Gasteiger partial charge in [0.2, 0.25) is 5.91 Å². The minimum absolute atomic E-state index is 0.0314. The van der Waals surface area contributed by atoms with Gasteiger partial charge in [0.15, 0.2) is 0 Å². The summed E-state index contributed by atoms with van der Waals surface area (Å²) in [5.74, 6) is -0.00570. The lowest BCUT2D eigenvalue weighted by atomic mass is 10.1. The Hall–Kier alpha value is -2.70. The highest BCUT2D eigenvalue weighted by Gasteiger charge is 2.49. The van der Waals surface area contributed by atoms with Crippen LogP contribution >= 0.6 is 0 Å². The van der Waals surface area contributed by atoms with Crippen LogP contribution in [0.2, 0.25) is 0 Å². The molecule has 0 unspecified atom stereocenters. The number of hydrogen-bond acceptors (Lipinski definition) is 4. The molecular formula is C16H17N5O2. The number of likely N-dealkylation sites (tertiary alicyclic amines) is 1. The monoisotopic (exact) mass is 311 g/mol. The summed E-state index contributed by atoms with van der Waals surface area (Å²) in [5, 5.41) is 4.06. The number of aryl methyl sites for hydroxylation is 1. The van der Waals surface area contributed by atoms with Gasteiger partial charge in [-0.1, -0.05) is 0 Å². The quantitative estimate of drug-likeness (QED) is 0.824. The Kier molecular flexibility index (Phi) is 3.14. The first-order valence-electron chi connectivity index (χ1n) is 7.68. The number of hydrogen-bond donors (Lipinski definition) is 0. The molecule has 2 amide bonds. The largest absolute Gasteiger partial charge is 0.332 e. The molecule has 2 aromatic rings. The van der Waals surface area contributed by atoms with E-state index >= 15 is 0 Å². The van der Waals surface area contributed by atoms with Crippen LogP contribution in [0.25, 0.3) is 0 Å². The number of aromatic nitrogens is 3. The SMILES string of the molecule is Cn1nccc1C(=O)N1CC[C@@H]2[C@@H]1CC(=O)N2c1cccnc1. The van der Waals surface area contributed by atoms with Crippen molar-refractivity contribution in [1.82, 2.24) is 19.7 Å². The Balaban J connectivity index is 1.61. The predicted octanol–water partition coefficient (Wildman–Crippen LogP) is 0.835. The summed E-state index contributed by atoms with van der Waals surface area (Å²) in [6.45, 7) is 0.656. The molecule has 0 bridgehead atoms. The van der Waals surface area contributed by atoms with Gasteiger partial charge in [-0.05, 0) is 24.6 Å². The first-order chi connectivity index (χ1) is 11.2. The Morgan fingerprint density at radius 3 is 2.83 bits per heavy atom. The third kappa shape index (κ3) is 2.11. The fourth-order valence-electron chi connectivity index (χ4n) is 3.66. The molecule has 4 heterocycles. The van der Waals surface area contributed by atoms with Crippen molar-refractivity contribution in [1.29, 1.82) is 0 Å². The van der Waals surface area contributed by atoms with Crippen molar-refractivity contribution in [3.63, 3.8) is 0 Å². The number of fused-ring (bicyclic) bond motifs is 1. The second-order valence-corrected chi connectivity index (χ2v) is 5.94. The molecule has 0 spiro atoms. The average molecular weight is 311 g/mol. The molecule has 0 aromatic carbocycles. The molecule has 2 fully saturated rings. The second-order valence-electron chi connectivity index (χ2n) is 5.94. The van der Waals surface area contributed by atoms with Crippen molar-refractivity contribution in [2.75, 3.05) is 11.4 Å². The minimum Gasteiger partial charge on any atom is -0.332 e. The van der Waals surface area contributed by atoms with E-state index in [2.05, 4.69) is 10.1 Å². The molecule has 7 nitrogen and oxygen atoms in total. The summed E-state index contributed by atoms with van der Waals surface area (Å²) in [7, 11) is 1.75. The lowest BCUT2D eigenvalue weighted by Crippen LogP contribution is -2.40. The number of rotatable bonds is 2. The molecule has 2 aliphatic rings. The van der Waals surface area contributed by atoms with E-state index in [0.29, 0.717) is 18.7 Å². The van der Waals surface area contributed by atoms with Gasteiger partial charge in [0, 0.05) is 32.4 Å². The van der Waals surface area contributed by atoms with Gasteiger partial charge in [-0.15, -0.1) is 0 Å². The lowest BCUT2D eigenvalue weighted by Gasteiger charge is -2.25. The fraction of sp³-hybridized carbons (Fsp3) is 0.375. The molecule has 2 aromatic heterocycles. The molecule has 2 aliphatic heterocycles. The Labute approximate surface area is 133 Å². The van der Waals surface area contributed by atoms with E-state index in [4.69, 9.17) is 0 Å². The number of amides is 2. The van der Waals surface area contributed by atoms with Crippen molar-refractivity contribution in [2.45, 2.75) is 24.9 Å². The van der Waals surface area contributed by atoms with Crippen molar-refractivity contribution in [2.24, 2.45) is 7.05 Å².